The molecule has 0 fully saturated rings. The molecule has 0 saturated heterocycles. The van der Waals surface area contributed by atoms with Gasteiger partial charge in [-0.2, -0.15) is 0 Å². The van der Waals surface area contributed by atoms with E-state index in [-0.39, 0.29) is 6.04 Å². The highest BCUT2D eigenvalue weighted by molar-refractivity contribution is 9.10. The van der Waals surface area contributed by atoms with Gasteiger partial charge in [0.2, 0.25) is 0 Å². The van der Waals surface area contributed by atoms with Crippen LogP contribution in [0, 0.1) is 6.92 Å². The molecule has 2 aromatic rings. The molecular weight excluding hydrogens is 280 g/mol. The van der Waals surface area contributed by atoms with Crippen LogP contribution in [0.15, 0.2) is 39.5 Å². The van der Waals surface area contributed by atoms with Crippen LogP contribution in [0.2, 0.25) is 0 Å². The van der Waals surface area contributed by atoms with Crippen molar-refractivity contribution in [1.29, 1.82) is 0 Å². The van der Waals surface area contributed by atoms with Gasteiger partial charge >= 0.3 is 0 Å². The summed E-state index contributed by atoms with van der Waals surface area (Å²) in [5.74, 6) is 1.90. The summed E-state index contributed by atoms with van der Waals surface area (Å²) in [5.41, 5.74) is 1.17. The van der Waals surface area contributed by atoms with E-state index in [2.05, 4.69) is 32.3 Å². The van der Waals surface area contributed by atoms with Gasteiger partial charge in [-0.05, 0) is 60.1 Å². The first-order valence-corrected chi connectivity index (χ1v) is 6.31. The Morgan fingerprint density at radius 2 is 2.24 bits per heavy atom. The molecule has 2 rings (SSSR count). The van der Waals surface area contributed by atoms with E-state index < -0.39 is 0 Å². The Bertz CT molecular complexity index is 496. The smallest absolute Gasteiger partial charge is 0.121 e. The van der Waals surface area contributed by atoms with Crippen molar-refractivity contribution in [3.63, 3.8) is 0 Å². The fourth-order valence-corrected chi connectivity index (χ4v) is 2.20. The summed E-state index contributed by atoms with van der Waals surface area (Å²) < 4.78 is 6.64. The first-order chi connectivity index (χ1) is 8.19. The lowest BCUT2D eigenvalue weighted by molar-refractivity contribution is 0.414. The van der Waals surface area contributed by atoms with Gasteiger partial charge in [-0.1, -0.05) is 0 Å². The number of nitrogens with zero attached hydrogens (tertiary/aromatic N) is 1. The van der Waals surface area contributed by atoms with E-state index in [1.807, 2.05) is 32.3 Å². The van der Waals surface area contributed by atoms with Gasteiger partial charge in [0.1, 0.15) is 11.5 Å². The van der Waals surface area contributed by atoms with E-state index in [0.29, 0.717) is 0 Å². The number of nitrogens with one attached hydrogen (secondary N) is 1. The zero-order valence-corrected chi connectivity index (χ0v) is 11.5. The summed E-state index contributed by atoms with van der Waals surface area (Å²) >= 11 is 3.43. The van der Waals surface area contributed by atoms with E-state index in [4.69, 9.17) is 4.42 Å². The number of furan rings is 1. The Hall–Kier alpha value is -1.13. The molecule has 2 aromatic heterocycles. The topological polar surface area (TPSA) is 38.1 Å². The van der Waals surface area contributed by atoms with Crippen LogP contribution in [0.3, 0.4) is 0 Å². The average Bonchev–Trinajstić information content (AvgIpc) is 2.73. The van der Waals surface area contributed by atoms with Crippen molar-refractivity contribution < 1.29 is 4.42 Å². The lowest BCUT2D eigenvalue weighted by atomic mass is 10.1. The summed E-state index contributed by atoms with van der Waals surface area (Å²) in [4.78, 5) is 4.17. The molecule has 0 amide bonds. The Balaban J connectivity index is 2.15. The van der Waals surface area contributed by atoms with Crippen LogP contribution < -0.4 is 5.32 Å². The zero-order valence-electron chi connectivity index (χ0n) is 9.90. The van der Waals surface area contributed by atoms with Gasteiger partial charge in [0, 0.05) is 16.9 Å². The molecule has 90 valence electrons. The minimum atomic E-state index is 0.180. The van der Waals surface area contributed by atoms with Crippen LogP contribution in [0.4, 0.5) is 0 Å². The van der Waals surface area contributed by atoms with Crippen molar-refractivity contribution in [3.8, 4) is 0 Å². The number of halogens is 1. The van der Waals surface area contributed by atoms with Crippen LogP contribution in [0.5, 0.6) is 0 Å². The van der Waals surface area contributed by atoms with Crippen LogP contribution in [-0.4, -0.2) is 12.0 Å². The quantitative estimate of drug-likeness (QED) is 0.941. The Morgan fingerprint density at radius 3 is 2.82 bits per heavy atom. The van der Waals surface area contributed by atoms with Crippen LogP contribution in [0.25, 0.3) is 0 Å². The van der Waals surface area contributed by atoms with E-state index in [0.717, 1.165) is 22.4 Å². The fourth-order valence-electron chi connectivity index (χ4n) is 1.79. The number of pyridine rings is 1. The molecule has 1 N–H and O–H groups in total. The third-order valence-corrected chi connectivity index (χ3v) is 3.09. The number of rotatable bonds is 4. The van der Waals surface area contributed by atoms with E-state index >= 15 is 0 Å². The molecule has 17 heavy (non-hydrogen) atoms. The zero-order chi connectivity index (χ0) is 12.3. The Kier molecular flexibility index (Phi) is 3.97. The van der Waals surface area contributed by atoms with Crippen molar-refractivity contribution in [2.45, 2.75) is 19.4 Å². The molecule has 0 aliphatic carbocycles. The second-order valence-electron chi connectivity index (χ2n) is 4.01. The predicted octanol–water partition coefficient (Wildman–Crippen LogP) is 3.25. The Labute approximate surface area is 109 Å². The first-order valence-electron chi connectivity index (χ1n) is 5.52. The molecular formula is C13H15BrN2O. The number of likely N-dealkylation sites (N-methyl/N-ethyl adjacent to an activating group) is 1. The Morgan fingerprint density at radius 1 is 1.41 bits per heavy atom. The lowest BCUT2D eigenvalue weighted by Gasteiger charge is -2.13. The fraction of sp³-hybridized carbons (Fsp3) is 0.308. The van der Waals surface area contributed by atoms with Gasteiger partial charge in [-0.15, -0.1) is 0 Å². The van der Waals surface area contributed by atoms with Gasteiger partial charge < -0.3 is 9.73 Å². The minimum absolute atomic E-state index is 0.180. The largest absolute Gasteiger partial charge is 0.465 e. The molecule has 2 heterocycles. The van der Waals surface area contributed by atoms with Gasteiger partial charge in [-0.25, -0.2) is 0 Å². The predicted molar refractivity (Wildman–Crippen MR) is 70.9 cm³/mol. The molecule has 1 atom stereocenters. The maximum absolute atomic E-state index is 5.64. The summed E-state index contributed by atoms with van der Waals surface area (Å²) in [7, 11) is 1.94. The molecule has 0 radical (unpaired) electrons. The molecule has 1 unspecified atom stereocenters. The molecule has 4 heteroatoms. The van der Waals surface area contributed by atoms with Gasteiger partial charge in [-0.3, -0.25) is 4.98 Å². The second kappa shape index (κ2) is 5.47. The van der Waals surface area contributed by atoms with Crippen molar-refractivity contribution in [2.75, 3.05) is 7.05 Å². The number of hydrogen-bond acceptors (Lipinski definition) is 3. The van der Waals surface area contributed by atoms with Crippen molar-refractivity contribution in [2.24, 2.45) is 0 Å². The highest BCUT2D eigenvalue weighted by Crippen LogP contribution is 2.21. The van der Waals surface area contributed by atoms with E-state index in [9.17, 15) is 0 Å². The number of aromatic nitrogens is 1. The molecule has 0 aromatic carbocycles. The summed E-state index contributed by atoms with van der Waals surface area (Å²) in [6.07, 6.45) is 4.52. The molecule has 3 nitrogen and oxygen atoms in total. The SMILES string of the molecule is CNC(Cc1cncc(Br)c1)c1ccc(C)o1. The maximum atomic E-state index is 5.64. The molecule has 0 bridgehead atoms. The van der Waals surface area contributed by atoms with Crippen LogP contribution >= 0.6 is 15.9 Å². The number of aryl methyl sites for hydroxylation is 1. The third-order valence-electron chi connectivity index (χ3n) is 2.65. The van der Waals surface area contributed by atoms with Gasteiger partial charge in [0.05, 0.1) is 6.04 Å². The van der Waals surface area contributed by atoms with E-state index in [1.165, 1.54) is 5.56 Å². The maximum Gasteiger partial charge on any atom is 0.121 e. The summed E-state index contributed by atoms with van der Waals surface area (Å²) in [5, 5.41) is 3.26. The molecule has 0 saturated carbocycles. The monoisotopic (exact) mass is 294 g/mol. The number of hydrogen-bond donors (Lipinski definition) is 1. The van der Waals surface area contributed by atoms with Gasteiger partial charge in [0.15, 0.2) is 0 Å². The minimum Gasteiger partial charge on any atom is -0.465 e. The van der Waals surface area contributed by atoms with Gasteiger partial charge in [0.25, 0.3) is 0 Å². The van der Waals surface area contributed by atoms with Crippen molar-refractivity contribution >= 4 is 15.9 Å². The van der Waals surface area contributed by atoms with Crippen molar-refractivity contribution in [3.05, 3.63) is 52.1 Å². The second-order valence-corrected chi connectivity index (χ2v) is 4.92. The molecule has 0 aliphatic rings. The highest BCUT2D eigenvalue weighted by Gasteiger charge is 2.13. The van der Waals surface area contributed by atoms with E-state index in [1.54, 1.807) is 6.20 Å². The summed E-state index contributed by atoms with van der Waals surface area (Å²) in [6.45, 7) is 1.96. The first kappa shape index (κ1) is 12.3. The standard InChI is InChI=1S/C13H15BrN2O/c1-9-3-4-13(17-9)12(15-2)6-10-5-11(14)8-16-7-10/h3-5,7-8,12,15H,6H2,1-2H3. The summed E-state index contributed by atoms with van der Waals surface area (Å²) in [6, 6.07) is 6.26. The lowest BCUT2D eigenvalue weighted by Crippen LogP contribution is -2.18. The molecule has 0 spiro atoms. The average molecular weight is 295 g/mol. The van der Waals surface area contributed by atoms with Crippen molar-refractivity contribution in [1.82, 2.24) is 10.3 Å². The normalized spacial score (nSPS) is 12.6. The third kappa shape index (κ3) is 3.17. The van der Waals surface area contributed by atoms with Crippen LogP contribution in [0.1, 0.15) is 23.1 Å². The highest BCUT2D eigenvalue weighted by atomic mass is 79.9. The molecule has 0 aliphatic heterocycles. The van der Waals surface area contributed by atoms with Crippen LogP contribution in [-0.2, 0) is 6.42 Å².